The summed E-state index contributed by atoms with van der Waals surface area (Å²) >= 11 is 0. The van der Waals surface area contributed by atoms with Crippen LogP contribution < -0.4 is 20.8 Å². The highest BCUT2D eigenvalue weighted by molar-refractivity contribution is 6.40. The van der Waals surface area contributed by atoms with Gasteiger partial charge in [0.1, 0.15) is 12.4 Å². The summed E-state index contributed by atoms with van der Waals surface area (Å²) in [6.45, 7) is 5.93. The zero-order valence-electron chi connectivity index (χ0n) is 18.6. The van der Waals surface area contributed by atoms with Crippen LogP contribution in [0.15, 0.2) is 90.6 Å². The third-order valence-corrected chi connectivity index (χ3v) is 4.56. The predicted molar refractivity (Wildman–Crippen MR) is 132 cm³/mol. The Morgan fingerprint density at radius 1 is 0.912 bits per heavy atom. The Morgan fingerprint density at radius 2 is 1.62 bits per heavy atom. The van der Waals surface area contributed by atoms with Crippen LogP contribution in [0.25, 0.3) is 0 Å². The number of nitrogens with zero attached hydrogens (tertiary/aromatic N) is 1. The number of anilines is 2. The molecular weight excluding hydrogens is 432 g/mol. The summed E-state index contributed by atoms with van der Waals surface area (Å²) in [6, 6.07) is 20.7. The summed E-state index contributed by atoms with van der Waals surface area (Å²) in [4.78, 5) is 37.1. The summed E-state index contributed by atoms with van der Waals surface area (Å²) in [7, 11) is 0. The number of carbonyl (C=O) groups is 3. The highest BCUT2D eigenvalue weighted by Crippen LogP contribution is 2.18. The minimum atomic E-state index is -0.976. The standard InChI is InChI=1S/C26H24N4O4/c1-3-16-34-21-14-10-19(11-15-21)17-27-30-26(33)25(32)29-23-7-5-4-6-22(23)24(31)28-20-12-8-18(2)9-13-20/h3-15,17H,1,16H2,2H3,(H,28,31)(H,29,32)(H,30,33)/b27-17-. The number of benzene rings is 3. The van der Waals surface area contributed by atoms with Gasteiger partial charge in [0, 0.05) is 5.69 Å². The molecule has 0 aliphatic heterocycles. The zero-order chi connectivity index (χ0) is 24.3. The van der Waals surface area contributed by atoms with Crippen LogP contribution in [-0.2, 0) is 9.59 Å². The van der Waals surface area contributed by atoms with Gasteiger partial charge in [-0.25, -0.2) is 5.43 Å². The Balaban J connectivity index is 1.58. The van der Waals surface area contributed by atoms with Crippen LogP contribution in [0.3, 0.4) is 0 Å². The number of ether oxygens (including phenoxy) is 1. The number of hydrogen-bond acceptors (Lipinski definition) is 5. The first-order valence-corrected chi connectivity index (χ1v) is 10.4. The van der Waals surface area contributed by atoms with Gasteiger partial charge in [-0.2, -0.15) is 5.10 Å². The first-order chi connectivity index (χ1) is 16.5. The third-order valence-electron chi connectivity index (χ3n) is 4.56. The van der Waals surface area contributed by atoms with E-state index < -0.39 is 17.7 Å². The molecule has 3 rings (SSSR count). The largest absolute Gasteiger partial charge is 0.490 e. The average Bonchev–Trinajstić information content (AvgIpc) is 2.85. The average molecular weight is 457 g/mol. The number of hydrogen-bond donors (Lipinski definition) is 3. The molecule has 3 amide bonds. The molecule has 0 unspecified atom stereocenters. The van der Waals surface area contributed by atoms with Crippen LogP contribution in [-0.4, -0.2) is 30.5 Å². The molecule has 0 aliphatic carbocycles. The zero-order valence-corrected chi connectivity index (χ0v) is 18.6. The van der Waals surface area contributed by atoms with E-state index in [0.717, 1.165) is 5.56 Å². The lowest BCUT2D eigenvalue weighted by Gasteiger charge is -2.11. The van der Waals surface area contributed by atoms with Gasteiger partial charge in [-0.1, -0.05) is 42.5 Å². The number of para-hydroxylation sites is 1. The molecule has 0 radical (unpaired) electrons. The van der Waals surface area contributed by atoms with Crippen molar-refractivity contribution in [3.8, 4) is 5.75 Å². The maximum absolute atomic E-state index is 12.7. The summed E-state index contributed by atoms with van der Waals surface area (Å²) in [5.74, 6) is -1.68. The van der Waals surface area contributed by atoms with E-state index in [4.69, 9.17) is 4.74 Å². The highest BCUT2D eigenvalue weighted by atomic mass is 16.5. The minimum Gasteiger partial charge on any atom is -0.490 e. The summed E-state index contributed by atoms with van der Waals surface area (Å²) < 4.78 is 5.39. The second kappa shape index (κ2) is 11.8. The van der Waals surface area contributed by atoms with E-state index in [2.05, 4.69) is 27.7 Å². The van der Waals surface area contributed by atoms with Gasteiger partial charge in [0.25, 0.3) is 5.91 Å². The van der Waals surface area contributed by atoms with Crippen LogP contribution >= 0.6 is 0 Å². The molecule has 0 saturated heterocycles. The van der Waals surface area contributed by atoms with Gasteiger partial charge in [0.2, 0.25) is 0 Å². The summed E-state index contributed by atoms with van der Waals surface area (Å²) in [6.07, 6.45) is 3.04. The third kappa shape index (κ3) is 6.89. The number of aryl methyl sites for hydroxylation is 1. The molecular formula is C26H24N4O4. The van der Waals surface area contributed by atoms with Crippen LogP contribution in [0.1, 0.15) is 21.5 Å². The van der Waals surface area contributed by atoms with Crippen LogP contribution in [0.4, 0.5) is 11.4 Å². The fourth-order valence-corrected chi connectivity index (χ4v) is 2.83. The number of rotatable bonds is 8. The Bertz CT molecular complexity index is 1200. The monoisotopic (exact) mass is 456 g/mol. The van der Waals surface area contributed by atoms with Gasteiger partial charge in [-0.05, 0) is 61.0 Å². The maximum atomic E-state index is 12.7. The molecule has 34 heavy (non-hydrogen) atoms. The lowest BCUT2D eigenvalue weighted by atomic mass is 10.1. The Morgan fingerprint density at radius 3 is 2.32 bits per heavy atom. The normalized spacial score (nSPS) is 10.4. The molecule has 0 bridgehead atoms. The van der Waals surface area contributed by atoms with Crippen molar-refractivity contribution in [3.05, 3.63) is 102 Å². The van der Waals surface area contributed by atoms with E-state index in [0.29, 0.717) is 23.6 Å². The van der Waals surface area contributed by atoms with Gasteiger partial charge in [0.05, 0.1) is 17.5 Å². The number of amides is 3. The molecule has 0 atom stereocenters. The second-order valence-electron chi connectivity index (χ2n) is 7.19. The smallest absolute Gasteiger partial charge is 0.329 e. The van der Waals surface area contributed by atoms with Gasteiger partial charge in [0.15, 0.2) is 0 Å². The lowest BCUT2D eigenvalue weighted by molar-refractivity contribution is -0.136. The van der Waals surface area contributed by atoms with Gasteiger partial charge in [-0.3, -0.25) is 14.4 Å². The topological polar surface area (TPSA) is 109 Å². The van der Waals surface area contributed by atoms with Gasteiger partial charge < -0.3 is 15.4 Å². The van der Waals surface area contributed by atoms with E-state index in [1.807, 2.05) is 19.1 Å². The molecule has 0 spiro atoms. The van der Waals surface area contributed by atoms with Crippen LogP contribution in [0.2, 0.25) is 0 Å². The molecule has 3 aromatic rings. The van der Waals surface area contributed by atoms with E-state index in [1.165, 1.54) is 12.3 Å². The van der Waals surface area contributed by atoms with E-state index in [1.54, 1.807) is 60.7 Å². The summed E-state index contributed by atoms with van der Waals surface area (Å²) in [5, 5.41) is 9.01. The molecule has 3 aromatic carbocycles. The van der Waals surface area contributed by atoms with E-state index >= 15 is 0 Å². The number of nitrogens with one attached hydrogen (secondary N) is 3. The SMILES string of the molecule is C=CCOc1ccc(/C=N\NC(=O)C(=O)Nc2ccccc2C(=O)Nc2ccc(C)cc2)cc1. The fourth-order valence-electron chi connectivity index (χ4n) is 2.83. The molecule has 8 heteroatoms. The second-order valence-corrected chi connectivity index (χ2v) is 7.19. The van der Waals surface area contributed by atoms with Crippen LogP contribution in [0, 0.1) is 6.92 Å². The number of carbonyl (C=O) groups excluding carboxylic acids is 3. The van der Waals surface area contributed by atoms with Crippen molar-refractivity contribution >= 4 is 35.3 Å². The Hall–Kier alpha value is -4.72. The fraction of sp³-hybridized carbons (Fsp3) is 0.0769. The Kier molecular flexibility index (Phi) is 8.29. The predicted octanol–water partition coefficient (Wildman–Crippen LogP) is 3.90. The molecule has 3 N–H and O–H groups in total. The van der Waals surface area contributed by atoms with Gasteiger partial charge in [-0.15, -0.1) is 0 Å². The quantitative estimate of drug-likeness (QED) is 0.207. The van der Waals surface area contributed by atoms with E-state index in [9.17, 15) is 14.4 Å². The summed E-state index contributed by atoms with van der Waals surface area (Å²) in [5.41, 5.74) is 4.96. The van der Waals surface area contributed by atoms with Crippen molar-refractivity contribution < 1.29 is 19.1 Å². The molecule has 172 valence electrons. The van der Waals surface area contributed by atoms with Crippen LogP contribution in [0.5, 0.6) is 5.75 Å². The molecule has 8 nitrogen and oxygen atoms in total. The maximum Gasteiger partial charge on any atom is 0.329 e. The van der Waals surface area contributed by atoms with Crippen molar-refractivity contribution in [1.82, 2.24) is 5.43 Å². The lowest BCUT2D eigenvalue weighted by Crippen LogP contribution is -2.33. The first kappa shape index (κ1) is 23.9. The van der Waals surface area contributed by atoms with Crippen molar-refractivity contribution in [3.63, 3.8) is 0 Å². The molecule has 0 aromatic heterocycles. The number of hydrazone groups is 1. The molecule has 0 saturated carbocycles. The van der Waals surface area contributed by atoms with Crippen molar-refractivity contribution in [1.29, 1.82) is 0 Å². The highest BCUT2D eigenvalue weighted by Gasteiger charge is 2.17. The van der Waals surface area contributed by atoms with Crippen molar-refractivity contribution in [2.24, 2.45) is 5.10 Å². The molecule has 0 fully saturated rings. The van der Waals surface area contributed by atoms with Crippen molar-refractivity contribution in [2.45, 2.75) is 6.92 Å². The first-order valence-electron chi connectivity index (χ1n) is 10.4. The minimum absolute atomic E-state index is 0.200. The van der Waals surface area contributed by atoms with Gasteiger partial charge >= 0.3 is 11.8 Å². The Labute approximate surface area is 197 Å². The molecule has 0 heterocycles. The molecule has 0 aliphatic rings. The van der Waals surface area contributed by atoms with Crippen molar-refractivity contribution in [2.75, 3.05) is 17.2 Å². The van der Waals surface area contributed by atoms with E-state index in [-0.39, 0.29) is 11.3 Å².